The predicted octanol–water partition coefficient (Wildman–Crippen LogP) is 4.59. The fourth-order valence-corrected chi connectivity index (χ4v) is 4.15. The van der Waals surface area contributed by atoms with Crippen LogP contribution in [0.2, 0.25) is 0 Å². The summed E-state index contributed by atoms with van der Waals surface area (Å²) in [7, 11) is 0. The Morgan fingerprint density at radius 1 is 1.12 bits per heavy atom. The van der Waals surface area contributed by atoms with Gasteiger partial charge in [-0.3, -0.25) is 10.4 Å². The first kappa shape index (κ1) is 21.6. The summed E-state index contributed by atoms with van der Waals surface area (Å²) in [5.74, 6) is 7.01. The average Bonchev–Trinajstić information content (AvgIpc) is 2.86. The molecule has 1 aliphatic carbocycles. The fraction of sp³-hybridized carbons (Fsp3) is 0.269. The van der Waals surface area contributed by atoms with E-state index in [9.17, 15) is 0 Å². The molecule has 0 spiro atoms. The van der Waals surface area contributed by atoms with Crippen molar-refractivity contribution < 1.29 is 4.74 Å². The molecule has 0 aliphatic heterocycles. The monoisotopic (exact) mass is 427 g/mol. The highest BCUT2D eigenvalue weighted by Crippen LogP contribution is 2.30. The summed E-state index contributed by atoms with van der Waals surface area (Å²) in [6.07, 6.45) is 5.44. The maximum atomic E-state index is 6.28. The molecule has 32 heavy (non-hydrogen) atoms. The van der Waals surface area contributed by atoms with Crippen LogP contribution in [0, 0.1) is 0 Å². The topological polar surface area (TPSA) is 84.9 Å². The van der Waals surface area contributed by atoms with Crippen LogP contribution in [-0.2, 0) is 25.9 Å². The van der Waals surface area contributed by atoms with Crippen LogP contribution in [0.3, 0.4) is 0 Å². The molecule has 0 saturated carbocycles. The molecule has 0 radical (unpaired) electrons. The molecule has 0 fully saturated rings. The standard InChI is InChI=1S/C26H29N5O/c1-3-20-16-25(23-10-6-7-11-24(23)29-20)32-17-18-12-14-19(15-13-18)21-8-4-5-9-22(21)26(30-27)31-28-2/h4-5,8-9,12-16H,2-3,6-7,10-11,17,27H2,1H3,(H,30,31). The first-order chi connectivity index (χ1) is 15.7. The van der Waals surface area contributed by atoms with Gasteiger partial charge in [-0.25, -0.2) is 0 Å². The maximum absolute atomic E-state index is 6.28. The summed E-state index contributed by atoms with van der Waals surface area (Å²) in [6.45, 7) is 6.12. The normalized spacial score (nSPS) is 13.3. The van der Waals surface area contributed by atoms with Crippen molar-refractivity contribution in [1.82, 2.24) is 10.4 Å². The molecule has 4 rings (SSSR count). The van der Waals surface area contributed by atoms with Gasteiger partial charge >= 0.3 is 0 Å². The number of nitrogens with one attached hydrogen (secondary N) is 1. The molecular weight excluding hydrogens is 398 g/mol. The summed E-state index contributed by atoms with van der Waals surface area (Å²) in [5, 5.41) is 7.51. The number of amidine groups is 1. The molecule has 1 heterocycles. The first-order valence-corrected chi connectivity index (χ1v) is 11.1. The summed E-state index contributed by atoms with van der Waals surface area (Å²) >= 11 is 0. The number of hydrazone groups is 2. The van der Waals surface area contributed by atoms with E-state index in [0.29, 0.717) is 12.4 Å². The van der Waals surface area contributed by atoms with Crippen molar-refractivity contribution >= 4 is 12.6 Å². The number of nitrogens with zero attached hydrogens (tertiary/aromatic N) is 3. The summed E-state index contributed by atoms with van der Waals surface area (Å²) in [4.78, 5) is 4.82. The van der Waals surface area contributed by atoms with E-state index < -0.39 is 0 Å². The number of pyridine rings is 1. The third-order valence-corrected chi connectivity index (χ3v) is 5.83. The van der Waals surface area contributed by atoms with Crippen LogP contribution in [0.1, 0.15) is 47.8 Å². The number of hydrogen-bond donors (Lipinski definition) is 2. The molecule has 0 unspecified atom stereocenters. The molecule has 6 heteroatoms. The Bertz CT molecular complexity index is 1120. The van der Waals surface area contributed by atoms with Gasteiger partial charge in [-0.1, -0.05) is 55.5 Å². The molecule has 3 aromatic rings. The van der Waals surface area contributed by atoms with Crippen molar-refractivity contribution in [2.45, 2.75) is 45.6 Å². The number of rotatable bonds is 7. The molecule has 0 saturated heterocycles. The minimum atomic E-state index is 0.470. The van der Waals surface area contributed by atoms with Gasteiger partial charge in [0.1, 0.15) is 12.4 Å². The van der Waals surface area contributed by atoms with Gasteiger partial charge in [0.25, 0.3) is 0 Å². The minimum Gasteiger partial charge on any atom is -0.488 e. The highest BCUT2D eigenvalue weighted by Gasteiger charge is 2.17. The molecule has 1 aromatic heterocycles. The van der Waals surface area contributed by atoms with E-state index in [2.05, 4.69) is 59.6 Å². The molecule has 6 nitrogen and oxygen atoms in total. The third-order valence-electron chi connectivity index (χ3n) is 5.83. The van der Waals surface area contributed by atoms with E-state index in [1.54, 1.807) is 0 Å². The molecule has 2 aromatic carbocycles. The van der Waals surface area contributed by atoms with Crippen molar-refractivity contribution in [3.05, 3.63) is 82.7 Å². The zero-order valence-corrected chi connectivity index (χ0v) is 18.5. The van der Waals surface area contributed by atoms with Gasteiger partial charge in [-0.15, -0.1) is 0 Å². The zero-order valence-electron chi connectivity index (χ0n) is 18.5. The van der Waals surface area contributed by atoms with E-state index in [4.69, 9.17) is 15.6 Å². The van der Waals surface area contributed by atoms with Crippen molar-refractivity contribution in [3.8, 4) is 16.9 Å². The number of aryl methyl sites for hydroxylation is 2. The molecular formula is C26H29N5O. The first-order valence-electron chi connectivity index (χ1n) is 11.1. The van der Waals surface area contributed by atoms with E-state index in [1.807, 2.05) is 24.3 Å². The second-order valence-electron chi connectivity index (χ2n) is 7.88. The Balaban J connectivity index is 1.54. The van der Waals surface area contributed by atoms with Crippen LogP contribution >= 0.6 is 0 Å². The summed E-state index contributed by atoms with van der Waals surface area (Å²) in [5.41, 5.74) is 10.4. The lowest BCUT2D eigenvalue weighted by molar-refractivity contribution is 0.300. The highest BCUT2D eigenvalue weighted by atomic mass is 16.5. The minimum absolute atomic E-state index is 0.470. The van der Waals surface area contributed by atoms with Crippen LogP contribution in [0.25, 0.3) is 11.1 Å². The molecule has 0 bridgehead atoms. The molecule has 3 N–H and O–H groups in total. The van der Waals surface area contributed by atoms with Crippen LogP contribution < -0.4 is 16.0 Å². The quantitative estimate of drug-likeness (QED) is 0.250. The number of hydrogen-bond acceptors (Lipinski definition) is 5. The van der Waals surface area contributed by atoms with Gasteiger partial charge in [-0.05, 0) is 48.8 Å². The Kier molecular flexibility index (Phi) is 6.80. The number of benzene rings is 2. The SMILES string of the molecule is C=NN/C(=N\N)c1ccccc1-c1ccc(COc2cc(CC)nc3c2CCCC3)cc1. The van der Waals surface area contributed by atoms with Gasteiger partial charge in [-0.2, -0.15) is 10.2 Å². The highest BCUT2D eigenvalue weighted by molar-refractivity contribution is 6.04. The van der Waals surface area contributed by atoms with Crippen LogP contribution in [0.5, 0.6) is 5.75 Å². The van der Waals surface area contributed by atoms with Gasteiger partial charge in [0.15, 0.2) is 5.84 Å². The number of fused-ring (bicyclic) bond motifs is 1. The summed E-state index contributed by atoms with van der Waals surface area (Å²) < 4.78 is 6.28. The second-order valence-corrected chi connectivity index (χ2v) is 7.88. The Hall–Kier alpha value is -3.67. The van der Waals surface area contributed by atoms with Crippen LogP contribution in [0.4, 0.5) is 0 Å². The van der Waals surface area contributed by atoms with Gasteiger partial charge in [0.05, 0.1) is 0 Å². The van der Waals surface area contributed by atoms with Crippen molar-refractivity contribution in [2.24, 2.45) is 16.0 Å². The zero-order chi connectivity index (χ0) is 22.3. The second kappa shape index (κ2) is 10.1. The lowest BCUT2D eigenvalue weighted by atomic mass is 9.94. The van der Waals surface area contributed by atoms with Crippen molar-refractivity contribution in [2.75, 3.05) is 0 Å². The van der Waals surface area contributed by atoms with Crippen molar-refractivity contribution in [1.29, 1.82) is 0 Å². The summed E-state index contributed by atoms with van der Waals surface area (Å²) in [6, 6.07) is 18.4. The number of nitrogens with two attached hydrogens (primary N) is 1. The van der Waals surface area contributed by atoms with E-state index in [1.165, 1.54) is 24.1 Å². The van der Waals surface area contributed by atoms with Gasteiger partial charge < -0.3 is 10.6 Å². The third kappa shape index (κ3) is 4.64. The lowest BCUT2D eigenvalue weighted by Gasteiger charge is -2.20. The van der Waals surface area contributed by atoms with Gasteiger partial charge in [0, 0.05) is 35.3 Å². The largest absolute Gasteiger partial charge is 0.488 e. The smallest absolute Gasteiger partial charge is 0.173 e. The van der Waals surface area contributed by atoms with E-state index >= 15 is 0 Å². The Morgan fingerprint density at radius 3 is 2.66 bits per heavy atom. The Labute approximate surface area is 189 Å². The number of aromatic nitrogens is 1. The van der Waals surface area contributed by atoms with Gasteiger partial charge in [0.2, 0.25) is 0 Å². The van der Waals surface area contributed by atoms with Crippen LogP contribution in [0.15, 0.2) is 64.8 Å². The Morgan fingerprint density at radius 2 is 1.91 bits per heavy atom. The van der Waals surface area contributed by atoms with E-state index in [-0.39, 0.29) is 0 Å². The molecule has 0 atom stereocenters. The predicted molar refractivity (Wildman–Crippen MR) is 130 cm³/mol. The van der Waals surface area contributed by atoms with E-state index in [0.717, 1.165) is 53.0 Å². The average molecular weight is 428 g/mol. The molecule has 164 valence electrons. The van der Waals surface area contributed by atoms with Crippen molar-refractivity contribution in [3.63, 3.8) is 0 Å². The number of ether oxygens (including phenoxy) is 1. The molecule has 0 amide bonds. The fourth-order valence-electron chi connectivity index (χ4n) is 4.15. The molecule has 1 aliphatic rings. The lowest BCUT2D eigenvalue weighted by Crippen LogP contribution is -2.21. The maximum Gasteiger partial charge on any atom is 0.173 e. The van der Waals surface area contributed by atoms with Crippen LogP contribution in [-0.4, -0.2) is 17.5 Å².